The van der Waals surface area contributed by atoms with Crippen molar-refractivity contribution in [1.82, 2.24) is 5.32 Å². The average molecular weight is 374 g/mol. The minimum absolute atomic E-state index is 0.0123. The Morgan fingerprint density at radius 3 is 2.54 bits per heavy atom. The summed E-state index contributed by atoms with van der Waals surface area (Å²) in [6, 6.07) is -0.776. The van der Waals surface area contributed by atoms with Crippen LogP contribution in [0.4, 0.5) is 0 Å². The van der Waals surface area contributed by atoms with Gasteiger partial charge in [-0.2, -0.15) is 0 Å². The van der Waals surface area contributed by atoms with E-state index in [0.717, 1.165) is 19.3 Å². The van der Waals surface area contributed by atoms with Crippen LogP contribution in [0.15, 0.2) is 0 Å². The van der Waals surface area contributed by atoms with Crippen molar-refractivity contribution in [2.75, 3.05) is 13.5 Å². The maximum Gasteiger partial charge on any atom is 0.330 e. The smallest absolute Gasteiger partial charge is 0.330 e. The number of esters is 1. The Labute approximate surface area is 156 Å². The van der Waals surface area contributed by atoms with Crippen molar-refractivity contribution >= 4 is 18.2 Å². The lowest BCUT2D eigenvalue weighted by Gasteiger charge is -2.23. The lowest BCUT2D eigenvalue weighted by Crippen LogP contribution is -2.44. The second kappa shape index (κ2) is 15.7. The molecule has 0 saturated heterocycles. The Bertz CT molecular complexity index is 393. The number of carbonyl (C=O) groups excluding carboxylic acids is 3. The van der Waals surface area contributed by atoms with Gasteiger partial charge in [-0.3, -0.25) is 4.79 Å². The second-order valence-corrected chi connectivity index (χ2v) is 6.47. The standard InChI is InChI=1S/C18H34N2O6/c1-4-5-6-9-17(25-13-24-12-19)26-18(23)15(11-14(2)3)20-16(22)8-7-10-21/h10,14-15,17H,4-9,11-13,19H2,1-3H3,(H,20,22). The number of hydrogen-bond acceptors (Lipinski definition) is 7. The Kier molecular flexibility index (Phi) is 14.8. The third-order valence-corrected chi connectivity index (χ3v) is 3.56. The van der Waals surface area contributed by atoms with Crippen LogP contribution in [0.3, 0.4) is 0 Å². The summed E-state index contributed by atoms with van der Waals surface area (Å²) >= 11 is 0. The van der Waals surface area contributed by atoms with Crippen molar-refractivity contribution in [2.24, 2.45) is 11.7 Å². The van der Waals surface area contributed by atoms with Crippen LogP contribution in [0.25, 0.3) is 0 Å². The van der Waals surface area contributed by atoms with Gasteiger partial charge in [-0.05, 0) is 18.8 Å². The molecule has 0 aliphatic carbocycles. The van der Waals surface area contributed by atoms with Crippen molar-refractivity contribution in [3.63, 3.8) is 0 Å². The molecule has 0 aromatic rings. The number of hydrogen-bond donors (Lipinski definition) is 2. The average Bonchev–Trinajstić information content (AvgIpc) is 2.59. The maximum absolute atomic E-state index is 12.5. The molecule has 0 rings (SSSR count). The SMILES string of the molecule is CCCCCC(OCOCN)OC(=O)C(CC(C)C)NC(=O)CCC=O. The van der Waals surface area contributed by atoms with E-state index in [2.05, 4.69) is 12.2 Å². The molecule has 1 amide bonds. The fraction of sp³-hybridized carbons (Fsp3) is 0.833. The molecule has 0 radical (unpaired) electrons. The van der Waals surface area contributed by atoms with Gasteiger partial charge in [0, 0.05) is 19.3 Å². The lowest BCUT2D eigenvalue weighted by molar-refractivity contribution is -0.206. The van der Waals surface area contributed by atoms with E-state index in [1.807, 2.05) is 13.8 Å². The number of amides is 1. The molecule has 0 spiro atoms. The number of unbranched alkanes of at least 4 members (excludes halogenated alkanes) is 2. The highest BCUT2D eigenvalue weighted by Crippen LogP contribution is 2.13. The minimum atomic E-state index is -0.776. The number of aldehydes is 1. The van der Waals surface area contributed by atoms with Crippen LogP contribution < -0.4 is 11.1 Å². The van der Waals surface area contributed by atoms with Gasteiger partial charge in [0.25, 0.3) is 0 Å². The van der Waals surface area contributed by atoms with E-state index in [1.165, 1.54) is 0 Å². The summed E-state index contributed by atoms with van der Waals surface area (Å²) < 4.78 is 15.8. The first kappa shape index (κ1) is 24.5. The van der Waals surface area contributed by atoms with Crippen LogP contribution in [0, 0.1) is 5.92 Å². The van der Waals surface area contributed by atoms with Gasteiger partial charge in [-0.15, -0.1) is 0 Å². The fourth-order valence-corrected chi connectivity index (χ4v) is 2.26. The van der Waals surface area contributed by atoms with Crippen LogP contribution >= 0.6 is 0 Å². The third kappa shape index (κ3) is 12.8. The number of nitrogens with one attached hydrogen (secondary N) is 1. The first-order valence-corrected chi connectivity index (χ1v) is 9.27. The summed E-state index contributed by atoms with van der Waals surface area (Å²) in [6.45, 7) is 5.91. The van der Waals surface area contributed by atoms with Gasteiger partial charge in [0.05, 0.1) is 6.73 Å². The molecule has 8 nitrogen and oxygen atoms in total. The van der Waals surface area contributed by atoms with Gasteiger partial charge in [0.15, 0.2) is 6.79 Å². The number of nitrogens with two attached hydrogens (primary N) is 1. The predicted molar refractivity (Wildman–Crippen MR) is 96.8 cm³/mol. The zero-order valence-electron chi connectivity index (χ0n) is 16.2. The quantitative estimate of drug-likeness (QED) is 0.183. The highest BCUT2D eigenvalue weighted by atomic mass is 16.8. The van der Waals surface area contributed by atoms with Crippen LogP contribution in [-0.4, -0.2) is 44.0 Å². The Hall–Kier alpha value is -1.51. The van der Waals surface area contributed by atoms with Crippen LogP contribution in [0.2, 0.25) is 0 Å². The van der Waals surface area contributed by atoms with Crippen LogP contribution in [-0.2, 0) is 28.6 Å². The Morgan fingerprint density at radius 1 is 1.23 bits per heavy atom. The topological polar surface area (TPSA) is 117 Å². The van der Waals surface area contributed by atoms with Gasteiger partial charge in [-0.1, -0.05) is 33.6 Å². The zero-order valence-corrected chi connectivity index (χ0v) is 16.2. The normalized spacial score (nSPS) is 13.3. The molecular formula is C18H34N2O6. The molecule has 152 valence electrons. The summed E-state index contributed by atoms with van der Waals surface area (Å²) in [6.07, 6.45) is 3.94. The number of ether oxygens (including phenoxy) is 3. The van der Waals surface area contributed by atoms with E-state index in [-0.39, 0.29) is 38.2 Å². The van der Waals surface area contributed by atoms with Crippen molar-refractivity contribution in [3.8, 4) is 0 Å². The van der Waals surface area contributed by atoms with Gasteiger partial charge < -0.3 is 30.1 Å². The van der Waals surface area contributed by atoms with Crippen molar-refractivity contribution in [1.29, 1.82) is 0 Å². The second-order valence-electron chi connectivity index (χ2n) is 6.47. The summed E-state index contributed by atoms with van der Waals surface area (Å²) in [5, 5.41) is 2.64. The van der Waals surface area contributed by atoms with Crippen molar-refractivity contribution in [2.45, 2.75) is 78.0 Å². The predicted octanol–water partition coefficient (Wildman–Crippen LogP) is 1.85. The Morgan fingerprint density at radius 2 is 1.96 bits per heavy atom. The van der Waals surface area contributed by atoms with E-state index in [4.69, 9.17) is 19.9 Å². The molecule has 2 atom stereocenters. The summed E-state index contributed by atoms with van der Waals surface area (Å²) in [7, 11) is 0. The minimum Gasteiger partial charge on any atom is -0.434 e. The largest absolute Gasteiger partial charge is 0.434 e. The third-order valence-electron chi connectivity index (χ3n) is 3.56. The molecule has 0 bridgehead atoms. The summed E-state index contributed by atoms with van der Waals surface area (Å²) in [5.41, 5.74) is 5.25. The van der Waals surface area contributed by atoms with Crippen molar-refractivity contribution in [3.05, 3.63) is 0 Å². The van der Waals surface area contributed by atoms with Gasteiger partial charge in [0.2, 0.25) is 12.2 Å². The first-order valence-electron chi connectivity index (χ1n) is 9.27. The van der Waals surface area contributed by atoms with Gasteiger partial charge in [0.1, 0.15) is 12.3 Å². The fourth-order valence-electron chi connectivity index (χ4n) is 2.26. The molecule has 0 aliphatic heterocycles. The molecule has 2 unspecified atom stereocenters. The number of carbonyl (C=O) groups is 3. The van der Waals surface area contributed by atoms with E-state index in [0.29, 0.717) is 19.1 Å². The highest BCUT2D eigenvalue weighted by molar-refractivity contribution is 5.85. The molecule has 26 heavy (non-hydrogen) atoms. The highest BCUT2D eigenvalue weighted by Gasteiger charge is 2.26. The molecular weight excluding hydrogens is 340 g/mol. The van der Waals surface area contributed by atoms with Crippen LogP contribution in [0.1, 0.15) is 65.7 Å². The molecule has 0 aromatic heterocycles. The summed E-state index contributed by atoms with van der Waals surface area (Å²) in [5.74, 6) is -0.721. The molecule has 3 N–H and O–H groups in total. The number of rotatable bonds is 16. The molecule has 0 saturated carbocycles. The van der Waals surface area contributed by atoms with E-state index >= 15 is 0 Å². The van der Waals surface area contributed by atoms with Crippen molar-refractivity contribution < 1.29 is 28.6 Å². The molecule has 0 heterocycles. The lowest BCUT2D eigenvalue weighted by atomic mass is 10.0. The van der Waals surface area contributed by atoms with Crippen LogP contribution in [0.5, 0.6) is 0 Å². The van der Waals surface area contributed by atoms with E-state index in [9.17, 15) is 14.4 Å². The van der Waals surface area contributed by atoms with E-state index < -0.39 is 18.3 Å². The molecule has 0 aliphatic rings. The zero-order chi connectivity index (χ0) is 19.8. The summed E-state index contributed by atoms with van der Waals surface area (Å²) in [4.78, 5) is 34.8. The Balaban J connectivity index is 4.76. The van der Waals surface area contributed by atoms with Gasteiger partial charge in [-0.25, -0.2) is 4.79 Å². The van der Waals surface area contributed by atoms with Gasteiger partial charge >= 0.3 is 5.97 Å². The molecule has 0 fully saturated rings. The molecule has 8 heteroatoms. The molecule has 0 aromatic carbocycles. The first-order chi connectivity index (χ1) is 12.4. The monoisotopic (exact) mass is 374 g/mol. The van der Waals surface area contributed by atoms with E-state index in [1.54, 1.807) is 0 Å². The maximum atomic E-state index is 12.5.